The van der Waals surface area contributed by atoms with Crippen LogP contribution in [0.5, 0.6) is 11.5 Å². The first-order chi connectivity index (χ1) is 10.1. The van der Waals surface area contributed by atoms with E-state index in [-0.39, 0.29) is 5.84 Å². The van der Waals surface area contributed by atoms with E-state index >= 15 is 0 Å². The van der Waals surface area contributed by atoms with Crippen LogP contribution in [0.1, 0.15) is 5.56 Å². The van der Waals surface area contributed by atoms with Gasteiger partial charge in [-0.05, 0) is 35.7 Å². The van der Waals surface area contributed by atoms with Gasteiger partial charge in [0.05, 0.1) is 0 Å². The van der Waals surface area contributed by atoms with E-state index < -0.39 is 0 Å². The highest BCUT2D eigenvalue weighted by Gasteiger charge is 2.09. The average molecular weight is 297 g/mol. The summed E-state index contributed by atoms with van der Waals surface area (Å²) in [4.78, 5) is 0. The zero-order valence-corrected chi connectivity index (χ0v) is 11.9. The summed E-state index contributed by atoms with van der Waals surface area (Å²) in [6.07, 6.45) is 0. The quantitative estimate of drug-likeness (QED) is 0.549. The molecule has 0 aliphatic rings. The van der Waals surface area contributed by atoms with Gasteiger partial charge in [0.1, 0.15) is 17.3 Å². The summed E-state index contributed by atoms with van der Waals surface area (Å²) < 4.78 is 5.91. The van der Waals surface area contributed by atoms with Gasteiger partial charge in [-0.3, -0.25) is 5.41 Å². The molecule has 0 aliphatic carbocycles. The Hall–Kier alpha value is -2.52. The largest absolute Gasteiger partial charge is 0.457 e. The summed E-state index contributed by atoms with van der Waals surface area (Å²) in [6.45, 7) is 0. The van der Waals surface area contributed by atoms with Gasteiger partial charge < -0.3 is 10.5 Å². The highest BCUT2D eigenvalue weighted by Crippen LogP contribution is 2.32. The van der Waals surface area contributed by atoms with E-state index in [1.54, 1.807) is 18.2 Å². The first kappa shape index (κ1) is 13.5. The number of rotatable bonds is 3. The van der Waals surface area contributed by atoms with E-state index in [4.69, 9.17) is 27.5 Å². The molecule has 4 heteroatoms. The first-order valence-electron chi connectivity index (χ1n) is 6.45. The third-order valence-electron chi connectivity index (χ3n) is 3.20. The van der Waals surface area contributed by atoms with Crippen molar-refractivity contribution in [3.05, 3.63) is 71.2 Å². The van der Waals surface area contributed by atoms with Crippen molar-refractivity contribution in [2.75, 3.05) is 0 Å². The molecule has 0 saturated carbocycles. The van der Waals surface area contributed by atoms with Gasteiger partial charge in [-0.25, -0.2) is 0 Å². The summed E-state index contributed by atoms with van der Waals surface area (Å²) in [5.74, 6) is 1.42. The van der Waals surface area contributed by atoms with Crippen LogP contribution < -0.4 is 10.5 Å². The lowest BCUT2D eigenvalue weighted by Gasteiger charge is -2.12. The normalized spacial score (nSPS) is 10.5. The number of nitrogens with two attached hydrogens (primary N) is 1. The Morgan fingerprint density at radius 3 is 2.43 bits per heavy atom. The number of nitrogen functional groups attached to an aromatic ring is 1. The molecule has 3 aromatic carbocycles. The number of ether oxygens (including phenoxy) is 1. The van der Waals surface area contributed by atoms with Crippen LogP contribution in [0.2, 0.25) is 5.02 Å². The van der Waals surface area contributed by atoms with Gasteiger partial charge in [-0.2, -0.15) is 0 Å². The highest BCUT2D eigenvalue weighted by molar-refractivity contribution is 6.30. The van der Waals surface area contributed by atoms with E-state index in [1.807, 2.05) is 42.5 Å². The third kappa shape index (κ3) is 2.69. The molecule has 3 N–H and O–H groups in total. The molecule has 0 aromatic heterocycles. The lowest BCUT2D eigenvalue weighted by Crippen LogP contribution is -2.11. The molecule has 3 rings (SSSR count). The topological polar surface area (TPSA) is 59.1 Å². The monoisotopic (exact) mass is 296 g/mol. The van der Waals surface area contributed by atoms with Gasteiger partial charge in [-0.1, -0.05) is 41.9 Å². The maximum atomic E-state index is 7.66. The first-order valence-corrected chi connectivity index (χ1v) is 6.82. The molecule has 3 aromatic rings. The number of fused-ring (bicyclic) bond motifs is 1. The summed E-state index contributed by atoms with van der Waals surface area (Å²) in [7, 11) is 0. The fourth-order valence-corrected chi connectivity index (χ4v) is 2.43. The fraction of sp³-hybridized carbons (Fsp3) is 0. The Morgan fingerprint density at radius 2 is 1.71 bits per heavy atom. The van der Waals surface area contributed by atoms with Gasteiger partial charge >= 0.3 is 0 Å². The van der Waals surface area contributed by atoms with Gasteiger partial charge in [0.15, 0.2) is 0 Å². The molecule has 21 heavy (non-hydrogen) atoms. The lowest BCUT2D eigenvalue weighted by atomic mass is 10.0. The Labute approximate surface area is 127 Å². The van der Waals surface area contributed by atoms with E-state index in [1.165, 1.54) is 0 Å². The van der Waals surface area contributed by atoms with Crippen LogP contribution in [0.25, 0.3) is 10.8 Å². The molecular weight excluding hydrogens is 284 g/mol. The van der Waals surface area contributed by atoms with Crippen molar-refractivity contribution in [3.63, 3.8) is 0 Å². The summed E-state index contributed by atoms with van der Waals surface area (Å²) in [5.41, 5.74) is 6.33. The number of benzene rings is 3. The molecule has 0 amide bonds. The molecule has 3 nitrogen and oxygen atoms in total. The highest BCUT2D eigenvalue weighted by atomic mass is 35.5. The second-order valence-corrected chi connectivity index (χ2v) is 5.07. The molecule has 0 saturated heterocycles. The summed E-state index contributed by atoms with van der Waals surface area (Å²) >= 11 is 5.97. The van der Waals surface area contributed by atoms with Crippen LogP contribution >= 0.6 is 11.6 Å². The number of halogens is 1. The molecule has 0 spiro atoms. The van der Waals surface area contributed by atoms with E-state index in [9.17, 15) is 0 Å². The van der Waals surface area contributed by atoms with Crippen molar-refractivity contribution in [2.45, 2.75) is 0 Å². The fourth-order valence-electron chi connectivity index (χ4n) is 2.25. The van der Waals surface area contributed by atoms with Crippen molar-refractivity contribution in [1.82, 2.24) is 0 Å². The predicted octanol–water partition coefficient (Wildman–Crippen LogP) is 4.57. The maximum absolute atomic E-state index is 7.66. The standard InChI is InChI=1S/C17H13ClN2O/c18-11-4-3-5-12(10-11)21-16-9-8-15(17(19)20)13-6-1-2-7-14(13)16/h1-10H,(H3,19,20). The Morgan fingerprint density at radius 1 is 0.952 bits per heavy atom. The van der Waals surface area contributed by atoms with Crippen LogP contribution in [-0.2, 0) is 0 Å². The Kier molecular flexibility index (Phi) is 3.50. The molecular formula is C17H13ClN2O. The zero-order valence-electron chi connectivity index (χ0n) is 11.1. The van der Waals surface area contributed by atoms with Crippen LogP contribution in [0.4, 0.5) is 0 Å². The smallest absolute Gasteiger partial charge is 0.135 e. The molecule has 0 aliphatic heterocycles. The second kappa shape index (κ2) is 5.46. The summed E-state index contributed by atoms with van der Waals surface area (Å²) in [6, 6.07) is 18.6. The predicted molar refractivity (Wildman–Crippen MR) is 86.5 cm³/mol. The third-order valence-corrected chi connectivity index (χ3v) is 3.43. The van der Waals surface area contributed by atoms with Crippen LogP contribution in [0, 0.1) is 5.41 Å². The minimum Gasteiger partial charge on any atom is -0.457 e. The average Bonchev–Trinajstić information content (AvgIpc) is 2.47. The van der Waals surface area contributed by atoms with Crippen LogP contribution in [-0.4, -0.2) is 5.84 Å². The minimum absolute atomic E-state index is 0.0421. The number of hydrogen-bond acceptors (Lipinski definition) is 2. The van der Waals surface area contributed by atoms with Crippen molar-refractivity contribution in [2.24, 2.45) is 5.73 Å². The molecule has 104 valence electrons. The maximum Gasteiger partial charge on any atom is 0.135 e. The summed E-state index contributed by atoms with van der Waals surface area (Å²) in [5, 5.41) is 10.1. The van der Waals surface area contributed by atoms with E-state index in [2.05, 4.69) is 0 Å². The van der Waals surface area contributed by atoms with Crippen LogP contribution in [0.3, 0.4) is 0 Å². The van der Waals surface area contributed by atoms with Crippen molar-refractivity contribution in [3.8, 4) is 11.5 Å². The SMILES string of the molecule is N=C(N)c1ccc(Oc2cccc(Cl)c2)c2ccccc12. The Bertz CT molecular complexity index is 830. The second-order valence-electron chi connectivity index (χ2n) is 4.63. The molecule has 0 radical (unpaired) electrons. The Balaban J connectivity index is 2.12. The zero-order chi connectivity index (χ0) is 14.8. The molecule has 0 heterocycles. The molecule has 0 bridgehead atoms. The van der Waals surface area contributed by atoms with Gasteiger partial charge in [0.25, 0.3) is 0 Å². The van der Waals surface area contributed by atoms with Crippen LogP contribution in [0.15, 0.2) is 60.7 Å². The molecule has 0 atom stereocenters. The molecule has 0 fully saturated rings. The number of hydrogen-bond donors (Lipinski definition) is 2. The lowest BCUT2D eigenvalue weighted by molar-refractivity contribution is 0.488. The van der Waals surface area contributed by atoms with E-state index in [0.717, 1.165) is 10.8 Å². The van der Waals surface area contributed by atoms with E-state index in [0.29, 0.717) is 22.1 Å². The van der Waals surface area contributed by atoms with Crippen molar-refractivity contribution < 1.29 is 4.74 Å². The van der Waals surface area contributed by atoms with Crippen molar-refractivity contribution >= 4 is 28.2 Å². The number of nitrogens with one attached hydrogen (secondary N) is 1. The van der Waals surface area contributed by atoms with Gasteiger partial charge in [0, 0.05) is 16.0 Å². The van der Waals surface area contributed by atoms with Gasteiger partial charge in [-0.15, -0.1) is 0 Å². The molecule has 0 unspecified atom stereocenters. The van der Waals surface area contributed by atoms with Crippen molar-refractivity contribution in [1.29, 1.82) is 5.41 Å². The number of amidine groups is 1. The van der Waals surface area contributed by atoms with Gasteiger partial charge in [0.2, 0.25) is 0 Å². The minimum atomic E-state index is 0.0421.